The number of benzene rings is 1. The lowest BCUT2D eigenvalue weighted by Crippen LogP contribution is -2.58. The van der Waals surface area contributed by atoms with Crippen LogP contribution in [0.25, 0.3) is 10.9 Å². The van der Waals surface area contributed by atoms with Crippen LogP contribution in [0.2, 0.25) is 5.02 Å². The summed E-state index contributed by atoms with van der Waals surface area (Å²) in [6.07, 6.45) is -3.59. The van der Waals surface area contributed by atoms with Crippen molar-refractivity contribution in [2.75, 3.05) is 31.6 Å². The smallest absolute Gasteiger partial charge is 0.389 e. The average Bonchev–Trinajstić information content (AvgIpc) is 3.35. The van der Waals surface area contributed by atoms with E-state index in [9.17, 15) is 18.3 Å². The Kier molecular flexibility index (Phi) is 6.34. The van der Waals surface area contributed by atoms with Crippen LogP contribution in [-0.4, -0.2) is 73.9 Å². The molecule has 1 aromatic carbocycles. The molecular weight excluding hydrogens is 504 g/mol. The number of hydrogen-bond donors (Lipinski definition) is 2. The molecule has 2 aliphatic rings. The molecule has 4 unspecified atom stereocenters. The molecule has 2 N–H and O–H groups in total. The number of aliphatic hydroxyl groups is 1. The predicted octanol–water partition coefficient (Wildman–Crippen LogP) is 4.06. The SMILES string of the molecule is Cn1ncc(Nc2ncc3cc(Cl)c(C4CCN(C5(C)COCC5O)CC4F)cc3n2)c1C(F)(F)F. The summed E-state index contributed by atoms with van der Waals surface area (Å²) in [6, 6.07) is 3.30. The lowest BCUT2D eigenvalue weighted by molar-refractivity contribution is -0.143. The van der Waals surface area contributed by atoms with E-state index in [2.05, 4.69) is 20.4 Å². The molecule has 0 radical (unpaired) electrons. The second-order valence-corrected chi connectivity index (χ2v) is 9.93. The molecule has 5 rings (SSSR count). The largest absolute Gasteiger partial charge is 0.435 e. The number of hydrogen-bond acceptors (Lipinski definition) is 7. The zero-order valence-electron chi connectivity index (χ0n) is 19.6. The van der Waals surface area contributed by atoms with Crippen LogP contribution in [0.5, 0.6) is 0 Å². The van der Waals surface area contributed by atoms with Crippen LogP contribution in [-0.2, 0) is 18.0 Å². The summed E-state index contributed by atoms with van der Waals surface area (Å²) in [5.74, 6) is -0.549. The van der Waals surface area contributed by atoms with Crippen LogP contribution < -0.4 is 5.32 Å². The number of aryl methyl sites for hydroxylation is 1. The monoisotopic (exact) mass is 528 g/mol. The first-order valence-electron chi connectivity index (χ1n) is 11.4. The van der Waals surface area contributed by atoms with Gasteiger partial charge in [0, 0.05) is 36.1 Å². The van der Waals surface area contributed by atoms with Crippen molar-refractivity contribution < 1.29 is 27.4 Å². The minimum absolute atomic E-state index is 0.0518. The highest BCUT2D eigenvalue weighted by Gasteiger charge is 2.47. The Morgan fingerprint density at radius 3 is 2.72 bits per heavy atom. The lowest BCUT2D eigenvalue weighted by Gasteiger charge is -2.45. The number of likely N-dealkylation sites (tertiary alicyclic amines) is 1. The number of anilines is 2. The maximum atomic E-state index is 15.5. The van der Waals surface area contributed by atoms with Crippen LogP contribution in [0.3, 0.4) is 0 Å². The molecule has 36 heavy (non-hydrogen) atoms. The van der Waals surface area contributed by atoms with Crippen LogP contribution in [0.1, 0.15) is 30.5 Å². The lowest BCUT2D eigenvalue weighted by atomic mass is 9.84. The van der Waals surface area contributed by atoms with E-state index in [0.717, 1.165) is 10.9 Å². The molecule has 0 spiro atoms. The van der Waals surface area contributed by atoms with E-state index < -0.39 is 35.6 Å². The summed E-state index contributed by atoms with van der Waals surface area (Å²) < 4.78 is 61.8. The van der Waals surface area contributed by atoms with Crippen molar-refractivity contribution in [3.8, 4) is 0 Å². The summed E-state index contributed by atoms with van der Waals surface area (Å²) in [6.45, 7) is 3.10. The molecule has 2 aromatic heterocycles. The van der Waals surface area contributed by atoms with Crippen LogP contribution in [0, 0.1) is 0 Å². The van der Waals surface area contributed by atoms with Crippen LogP contribution in [0.4, 0.5) is 29.2 Å². The molecule has 0 saturated carbocycles. The van der Waals surface area contributed by atoms with E-state index in [1.807, 2.05) is 11.8 Å². The van der Waals surface area contributed by atoms with Gasteiger partial charge in [-0.3, -0.25) is 9.58 Å². The van der Waals surface area contributed by atoms with Crippen molar-refractivity contribution in [2.45, 2.75) is 43.3 Å². The van der Waals surface area contributed by atoms with Gasteiger partial charge in [0.15, 0.2) is 5.69 Å². The summed E-state index contributed by atoms with van der Waals surface area (Å²) in [4.78, 5) is 10.4. The van der Waals surface area contributed by atoms with Gasteiger partial charge in [-0.05, 0) is 37.6 Å². The molecule has 0 aliphatic carbocycles. The second-order valence-electron chi connectivity index (χ2n) is 9.52. The minimum atomic E-state index is -4.62. The Morgan fingerprint density at radius 2 is 2.06 bits per heavy atom. The van der Waals surface area contributed by atoms with Crippen molar-refractivity contribution in [3.05, 3.63) is 40.8 Å². The number of piperidine rings is 1. The summed E-state index contributed by atoms with van der Waals surface area (Å²) >= 11 is 6.51. The Hall–Kier alpha value is -2.54. The number of rotatable bonds is 4. The topological polar surface area (TPSA) is 88.3 Å². The number of aromatic nitrogens is 4. The summed E-state index contributed by atoms with van der Waals surface area (Å²) in [5.41, 5.74) is -0.877. The van der Waals surface area contributed by atoms with E-state index >= 15 is 4.39 Å². The third-order valence-corrected chi connectivity index (χ3v) is 7.53. The van der Waals surface area contributed by atoms with Gasteiger partial charge in [0.25, 0.3) is 0 Å². The first-order valence-corrected chi connectivity index (χ1v) is 11.8. The molecule has 2 saturated heterocycles. The first-order chi connectivity index (χ1) is 17.0. The average molecular weight is 529 g/mol. The highest BCUT2D eigenvalue weighted by molar-refractivity contribution is 6.32. The Morgan fingerprint density at radius 1 is 1.28 bits per heavy atom. The molecule has 0 bridgehead atoms. The molecule has 4 heterocycles. The molecule has 0 amide bonds. The number of nitrogens with one attached hydrogen (secondary N) is 1. The third-order valence-electron chi connectivity index (χ3n) is 7.20. The molecule has 8 nitrogen and oxygen atoms in total. The van der Waals surface area contributed by atoms with E-state index in [4.69, 9.17) is 16.3 Å². The Bertz CT molecular complexity index is 1290. The number of ether oxygens (including phenoxy) is 1. The van der Waals surface area contributed by atoms with Gasteiger partial charge in [-0.15, -0.1) is 0 Å². The minimum Gasteiger partial charge on any atom is -0.389 e. The fraction of sp³-hybridized carbons (Fsp3) is 0.522. The standard InChI is InChI=1S/C23H25ClF4N6O2/c1-22(11-36-10-19(22)35)34-4-3-13(16(25)9-34)14-6-17-12(5-15(14)24)7-29-21(31-17)32-18-8-30-33(2)20(18)23(26,27)28/h5-8,13,16,19,35H,3-4,9-11H2,1-2H3,(H,29,31,32). The molecular formula is C23H25ClF4N6O2. The number of alkyl halides is 4. The Balaban J connectivity index is 1.40. The van der Waals surface area contributed by atoms with Gasteiger partial charge in [-0.25, -0.2) is 14.4 Å². The van der Waals surface area contributed by atoms with Crippen molar-refractivity contribution in [1.82, 2.24) is 24.6 Å². The maximum Gasteiger partial charge on any atom is 0.435 e. The quantitative estimate of drug-likeness (QED) is 0.494. The number of halogens is 5. The van der Waals surface area contributed by atoms with Gasteiger partial charge < -0.3 is 15.2 Å². The number of aliphatic hydroxyl groups excluding tert-OH is 1. The van der Waals surface area contributed by atoms with Crippen LogP contribution in [0.15, 0.2) is 24.5 Å². The highest BCUT2D eigenvalue weighted by atomic mass is 35.5. The van der Waals surface area contributed by atoms with Crippen LogP contribution >= 0.6 is 11.6 Å². The van der Waals surface area contributed by atoms with Gasteiger partial charge in [0.1, 0.15) is 6.17 Å². The second kappa shape index (κ2) is 9.09. The summed E-state index contributed by atoms with van der Waals surface area (Å²) in [5, 5.41) is 17.5. The van der Waals surface area contributed by atoms with E-state index in [0.29, 0.717) is 41.1 Å². The predicted molar refractivity (Wildman–Crippen MR) is 125 cm³/mol. The molecule has 2 fully saturated rings. The number of nitrogens with zero attached hydrogens (tertiary/aromatic N) is 5. The first kappa shape index (κ1) is 25.1. The Labute approximate surface area is 209 Å². The van der Waals surface area contributed by atoms with Gasteiger partial charge in [-0.2, -0.15) is 18.3 Å². The fourth-order valence-corrected chi connectivity index (χ4v) is 5.38. The van der Waals surface area contributed by atoms with Crippen molar-refractivity contribution in [3.63, 3.8) is 0 Å². The van der Waals surface area contributed by atoms with Gasteiger partial charge in [0.05, 0.1) is 42.3 Å². The summed E-state index contributed by atoms with van der Waals surface area (Å²) in [7, 11) is 1.20. The highest BCUT2D eigenvalue weighted by Crippen LogP contribution is 2.40. The van der Waals surface area contributed by atoms with E-state index in [-0.39, 0.29) is 24.8 Å². The molecule has 194 valence electrons. The van der Waals surface area contributed by atoms with Crippen molar-refractivity contribution in [2.24, 2.45) is 7.05 Å². The van der Waals surface area contributed by atoms with Crippen molar-refractivity contribution >= 4 is 34.1 Å². The molecule has 2 aliphatic heterocycles. The zero-order valence-corrected chi connectivity index (χ0v) is 20.3. The van der Waals surface area contributed by atoms with Gasteiger partial charge in [0.2, 0.25) is 5.95 Å². The van der Waals surface area contributed by atoms with Gasteiger partial charge >= 0.3 is 6.18 Å². The molecule has 4 atom stereocenters. The van der Waals surface area contributed by atoms with Crippen molar-refractivity contribution in [1.29, 1.82) is 0 Å². The third kappa shape index (κ3) is 4.40. The fourth-order valence-electron chi connectivity index (χ4n) is 5.07. The van der Waals surface area contributed by atoms with E-state index in [1.54, 1.807) is 12.1 Å². The normalized spacial score (nSPS) is 27.6. The number of fused-ring (bicyclic) bond motifs is 1. The maximum absolute atomic E-state index is 15.5. The zero-order chi connectivity index (χ0) is 25.8. The molecule has 3 aromatic rings. The van der Waals surface area contributed by atoms with Gasteiger partial charge in [-0.1, -0.05) is 11.6 Å². The molecule has 13 heteroatoms. The van der Waals surface area contributed by atoms with E-state index in [1.165, 1.54) is 13.2 Å².